The van der Waals surface area contributed by atoms with E-state index < -0.39 is 6.04 Å². The number of rotatable bonds is 5. The van der Waals surface area contributed by atoms with Crippen LogP contribution in [-0.2, 0) is 11.2 Å². The summed E-state index contributed by atoms with van der Waals surface area (Å²) in [5.74, 6) is 1.29. The summed E-state index contributed by atoms with van der Waals surface area (Å²) in [6.45, 7) is 2.87. The number of phenolic OH excluding ortho intramolecular Hbond substituents is 1. The van der Waals surface area contributed by atoms with Crippen LogP contribution in [-0.4, -0.2) is 34.1 Å². The molecule has 1 aromatic rings. The van der Waals surface area contributed by atoms with Crippen LogP contribution >= 0.6 is 11.8 Å². The van der Waals surface area contributed by atoms with Crippen LogP contribution in [0.2, 0.25) is 0 Å². The van der Waals surface area contributed by atoms with E-state index >= 15 is 0 Å². The van der Waals surface area contributed by atoms with Gasteiger partial charge in [0.1, 0.15) is 5.75 Å². The first-order chi connectivity index (χ1) is 9.48. The van der Waals surface area contributed by atoms with Gasteiger partial charge in [-0.05, 0) is 49.6 Å². The minimum absolute atomic E-state index is 0.105. The minimum Gasteiger partial charge on any atom is -0.508 e. The lowest BCUT2D eigenvalue weighted by molar-refractivity contribution is -0.122. The second-order valence-corrected chi connectivity index (χ2v) is 7.28. The number of hydrogen-bond donors (Lipinski definition) is 3. The Hall–Kier alpha value is -1.20. The Morgan fingerprint density at radius 2 is 2.20 bits per heavy atom. The maximum Gasteiger partial charge on any atom is 0.237 e. The van der Waals surface area contributed by atoms with Crippen LogP contribution < -0.4 is 11.1 Å². The average molecular weight is 294 g/mol. The number of carbonyl (C=O) groups is 1. The van der Waals surface area contributed by atoms with E-state index in [1.54, 1.807) is 24.3 Å². The van der Waals surface area contributed by atoms with E-state index in [1.807, 2.05) is 11.8 Å². The van der Waals surface area contributed by atoms with E-state index in [-0.39, 0.29) is 16.4 Å². The third-order valence-electron chi connectivity index (χ3n) is 3.67. The second kappa shape index (κ2) is 6.50. The molecule has 4 nitrogen and oxygen atoms in total. The molecule has 1 fully saturated rings. The average Bonchev–Trinajstić information content (AvgIpc) is 2.86. The van der Waals surface area contributed by atoms with Crippen LogP contribution in [0.5, 0.6) is 5.75 Å². The predicted octanol–water partition coefficient (Wildman–Crippen LogP) is 1.66. The molecule has 0 aliphatic carbocycles. The highest BCUT2D eigenvalue weighted by Gasteiger charge is 2.30. The van der Waals surface area contributed by atoms with Crippen LogP contribution in [0.15, 0.2) is 24.3 Å². The molecular formula is C15H22N2O2S. The number of benzene rings is 1. The van der Waals surface area contributed by atoms with Gasteiger partial charge in [-0.15, -0.1) is 0 Å². The predicted molar refractivity (Wildman–Crippen MR) is 82.9 cm³/mol. The Bertz CT molecular complexity index is 455. The zero-order valence-corrected chi connectivity index (χ0v) is 12.6. The van der Waals surface area contributed by atoms with Gasteiger partial charge in [0.15, 0.2) is 0 Å². The molecule has 1 unspecified atom stereocenters. The van der Waals surface area contributed by atoms with E-state index in [4.69, 9.17) is 5.73 Å². The molecule has 1 heterocycles. The van der Waals surface area contributed by atoms with Crippen LogP contribution in [0.4, 0.5) is 0 Å². The number of phenols is 1. The Morgan fingerprint density at radius 1 is 1.50 bits per heavy atom. The lowest BCUT2D eigenvalue weighted by Gasteiger charge is -2.24. The molecule has 2 atom stereocenters. The highest BCUT2D eigenvalue weighted by atomic mass is 32.2. The van der Waals surface area contributed by atoms with Crippen molar-refractivity contribution in [3.8, 4) is 5.75 Å². The van der Waals surface area contributed by atoms with Gasteiger partial charge < -0.3 is 16.2 Å². The first-order valence-electron chi connectivity index (χ1n) is 6.94. The number of amides is 1. The molecular weight excluding hydrogens is 272 g/mol. The molecule has 1 aliphatic heterocycles. The first kappa shape index (κ1) is 15.2. The fourth-order valence-corrected chi connectivity index (χ4v) is 3.60. The number of hydrogen-bond acceptors (Lipinski definition) is 4. The summed E-state index contributed by atoms with van der Waals surface area (Å²) in [4.78, 5) is 12.0. The van der Waals surface area contributed by atoms with Crippen LogP contribution in [0.25, 0.3) is 0 Å². The molecule has 1 aliphatic rings. The summed E-state index contributed by atoms with van der Waals surface area (Å²) in [6.07, 6.45) is 2.84. The van der Waals surface area contributed by atoms with E-state index in [1.165, 1.54) is 12.2 Å². The maximum atomic E-state index is 12.0. The van der Waals surface area contributed by atoms with Crippen molar-refractivity contribution in [3.05, 3.63) is 29.8 Å². The molecule has 1 aromatic carbocycles. The van der Waals surface area contributed by atoms with Gasteiger partial charge in [-0.3, -0.25) is 4.79 Å². The third-order valence-corrected chi connectivity index (χ3v) is 5.20. The Morgan fingerprint density at radius 3 is 2.80 bits per heavy atom. The molecule has 20 heavy (non-hydrogen) atoms. The van der Waals surface area contributed by atoms with Crippen molar-refractivity contribution in [1.29, 1.82) is 0 Å². The zero-order chi connectivity index (χ0) is 14.6. The van der Waals surface area contributed by atoms with Crippen molar-refractivity contribution in [2.75, 3.05) is 12.3 Å². The number of nitrogens with one attached hydrogen (secondary N) is 1. The first-order valence-corrected chi connectivity index (χ1v) is 7.92. The summed E-state index contributed by atoms with van der Waals surface area (Å²) in [6, 6.07) is 6.24. The van der Waals surface area contributed by atoms with Gasteiger partial charge in [-0.2, -0.15) is 11.8 Å². The highest BCUT2D eigenvalue weighted by Crippen LogP contribution is 2.36. The topological polar surface area (TPSA) is 75.4 Å². The third kappa shape index (κ3) is 4.15. The molecule has 1 amide bonds. The molecule has 0 spiro atoms. The molecule has 0 aromatic heterocycles. The van der Waals surface area contributed by atoms with E-state index in [9.17, 15) is 9.90 Å². The molecule has 5 heteroatoms. The summed E-state index contributed by atoms with van der Waals surface area (Å²) in [5, 5.41) is 12.2. The van der Waals surface area contributed by atoms with Crippen molar-refractivity contribution in [3.63, 3.8) is 0 Å². The van der Waals surface area contributed by atoms with Gasteiger partial charge >= 0.3 is 0 Å². The summed E-state index contributed by atoms with van der Waals surface area (Å²) >= 11 is 1.92. The van der Waals surface area contributed by atoms with E-state index in [0.717, 1.165) is 12.0 Å². The summed E-state index contributed by atoms with van der Waals surface area (Å²) in [7, 11) is 0. The lowest BCUT2D eigenvalue weighted by atomic mass is 10.0. The zero-order valence-electron chi connectivity index (χ0n) is 11.8. The maximum absolute atomic E-state index is 12.0. The molecule has 0 saturated carbocycles. The molecule has 1 saturated heterocycles. The normalized spacial score (nSPS) is 23.5. The summed E-state index contributed by atoms with van der Waals surface area (Å²) in [5.41, 5.74) is 6.88. The molecule has 4 N–H and O–H groups in total. The van der Waals surface area contributed by atoms with Crippen LogP contribution in [0.3, 0.4) is 0 Å². The highest BCUT2D eigenvalue weighted by molar-refractivity contribution is 8.00. The van der Waals surface area contributed by atoms with Crippen molar-refractivity contribution in [2.45, 2.75) is 37.0 Å². The largest absolute Gasteiger partial charge is 0.508 e. The summed E-state index contributed by atoms with van der Waals surface area (Å²) < 4.78 is 0.161. The Kier molecular flexibility index (Phi) is 4.94. The van der Waals surface area contributed by atoms with Crippen LogP contribution in [0, 0.1) is 0 Å². The fraction of sp³-hybridized carbons (Fsp3) is 0.533. The molecule has 110 valence electrons. The van der Waals surface area contributed by atoms with Gasteiger partial charge in [0.05, 0.1) is 6.04 Å². The Balaban J connectivity index is 1.81. The van der Waals surface area contributed by atoms with Crippen LogP contribution in [0.1, 0.15) is 25.3 Å². The molecule has 0 radical (unpaired) electrons. The minimum atomic E-state index is -0.547. The lowest BCUT2D eigenvalue weighted by Crippen LogP contribution is -2.46. The van der Waals surface area contributed by atoms with Gasteiger partial charge in [-0.25, -0.2) is 0 Å². The van der Waals surface area contributed by atoms with Crippen molar-refractivity contribution < 1.29 is 9.90 Å². The quantitative estimate of drug-likeness (QED) is 0.772. The standard InChI is InChI=1S/C15H22N2O2S/c1-15(7-2-8-20-15)10-17-14(19)13(16)9-11-3-5-12(18)6-4-11/h3-6,13,18H,2,7-10,16H2,1H3,(H,17,19)/t13-,15?/m1/s1. The van der Waals surface area contributed by atoms with Gasteiger partial charge in [0, 0.05) is 11.3 Å². The van der Waals surface area contributed by atoms with Gasteiger partial charge in [0.25, 0.3) is 0 Å². The van der Waals surface area contributed by atoms with E-state index in [2.05, 4.69) is 12.2 Å². The van der Waals surface area contributed by atoms with Crippen molar-refractivity contribution in [2.24, 2.45) is 5.73 Å². The van der Waals surface area contributed by atoms with E-state index in [0.29, 0.717) is 13.0 Å². The smallest absolute Gasteiger partial charge is 0.237 e. The number of carbonyl (C=O) groups excluding carboxylic acids is 1. The Labute approximate surface area is 124 Å². The van der Waals surface area contributed by atoms with Crippen molar-refractivity contribution in [1.82, 2.24) is 5.32 Å². The number of aromatic hydroxyl groups is 1. The molecule has 2 rings (SSSR count). The number of nitrogens with two attached hydrogens (primary N) is 1. The monoisotopic (exact) mass is 294 g/mol. The molecule has 0 bridgehead atoms. The number of thioether (sulfide) groups is 1. The van der Waals surface area contributed by atoms with Gasteiger partial charge in [-0.1, -0.05) is 12.1 Å². The second-order valence-electron chi connectivity index (χ2n) is 5.60. The van der Waals surface area contributed by atoms with Crippen molar-refractivity contribution >= 4 is 17.7 Å². The SMILES string of the molecule is CC1(CNC(=O)[C@H](N)Cc2ccc(O)cc2)CCCS1. The van der Waals surface area contributed by atoms with Gasteiger partial charge in [0.2, 0.25) is 5.91 Å². The fourth-order valence-electron chi connectivity index (χ4n) is 2.36.